The number of carbonyl (C=O) groups is 2. The van der Waals surface area contributed by atoms with Crippen LogP contribution in [0.4, 0.5) is 20.4 Å². The number of fused-ring (bicyclic) bond motifs is 2. The van der Waals surface area contributed by atoms with Crippen molar-refractivity contribution in [1.82, 2.24) is 14.5 Å². The molecule has 12 heteroatoms. The average molecular weight is 514 g/mol. The van der Waals surface area contributed by atoms with Gasteiger partial charge in [-0.25, -0.2) is 4.98 Å². The summed E-state index contributed by atoms with van der Waals surface area (Å²) in [6, 6.07) is 9.95. The van der Waals surface area contributed by atoms with Gasteiger partial charge in [-0.2, -0.15) is 8.78 Å². The summed E-state index contributed by atoms with van der Waals surface area (Å²) < 4.78 is 33.9. The van der Waals surface area contributed by atoms with Gasteiger partial charge in [0.15, 0.2) is 5.75 Å². The van der Waals surface area contributed by atoms with Gasteiger partial charge in [0.2, 0.25) is 5.95 Å². The highest BCUT2D eigenvalue weighted by Crippen LogP contribution is 2.39. The van der Waals surface area contributed by atoms with Crippen molar-refractivity contribution in [3.05, 3.63) is 53.7 Å². The molecule has 9 nitrogen and oxygen atoms in total. The molecule has 0 saturated heterocycles. The molecule has 1 aromatic carbocycles. The van der Waals surface area contributed by atoms with Gasteiger partial charge in [0.1, 0.15) is 0 Å². The van der Waals surface area contributed by atoms with Gasteiger partial charge in [0.25, 0.3) is 5.91 Å². The van der Waals surface area contributed by atoms with Crippen LogP contribution < -0.4 is 15.4 Å². The van der Waals surface area contributed by atoms with Crippen LogP contribution in [0.3, 0.4) is 0 Å². The van der Waals surface area contributed by atoms with E-state index in [1.165, 1.54) is 23.5 Å². The fourth-order valence-electron chi connectivity index (χ4n) is 3.72. The Morgan fingerprint density at radius 2 is 2.00 bits per heavy atom. The molecule has 0 atom stereocenters. The second-order valence-corrected chi connectivity index (χ2v) is 10.00. The third kappa shape index (κ3) is 4.64. The Hall–Kier alpha value is -3.90. The van der Waals surface area contributed by atoms with Crippen LogP contribution in [-0.2, 0) is 11.3 Å². The first kappa shape index (κ1) is 23.8. The number of amides is 2. The standard InChI is InChI=1S/C24H21F2N5O4S/c1-23(2,34)7-10-31-16-12-17-15(28-21(33)24(25,26)35-17)11-14(16)29-22(31)30-20(32)19-4-3-18(36-19)13-5-8-27-9-6-13/h3-6,8-9,11-12,34H,7,10H2,1-2H3,(H,28,33)(H,29,30,32). The number of halogens is 2. The van der Waals surface area contributed by atoms with Gasteiger partial charge in [-0.15, -0.1) is 11.3 Å². The Morgan fingerprint density at radius 1 is 1.25 bits per heavy atom. The zero-order chi connectivity index (χ0) is 25.7. The second kappa shape index (κ2) is 8.64. The number of rotatable bonds is 6. The summed E-state index contributed by atoms with van der Waals surface area (Å²) in [6.45, 7) is 3.50. The normalized spacial score (nSPS) is 14.8. The largest absolute Gasteiger partial charge is 0.482 e. The van der Waals surface area contributed by atoms with Crippen LogP contribution in [0, 0.1) is 0 Å². The smallest absolute Gasteiger partial charge is 0.423 e. The highest BCUT2D eigenvalue weighted by atomic mass is 32.1. The van der Waals surface area contributed by atoms with Crippen molar-refractivity contribution >= 4 is 45.8 Å². The lowest BCUT2D eigenvalue weighted by Crippen LogP contribution is -2.43. The molecule has 0 spiro atoms. The predicted octanol–water partition coefficient (Wildman–Crippen LogP) is 4.50. The maximum Gasteiger partial charge on any atom is 0.482 e. The number of nitrogens with one attached hydrogen (secondary N) is 2. The van der Waals surface area contributed by atoms with Gasteiger partial charge in [0.05, 0.1) is 27.2 Å². The zero-order valence-electron chi connectivity index (χ0n) is 19.2. The number of benzene rings is 1. The first-order chi connectivity index (χ1) is 17.0. The van der Waals surface area contributed by atoms with E-state index in [9.17, 15) is 23.5 Å². The Bertz CT molecular complexity index is 1480. The van der Waals surface area contributed by atoms with Crippen LogP contribution in [-0.4, -0.2) is 43.2 Å². The van der Waals surface area contributed by atoms with Gasteiger partial charge in [0, 0.05) is 29.9 Å². The van der Waals surface area contributed by atoms with Crippen molar-refractivity contribution in [3.63, 3.8) is 0 Å². The lowest BCUT2D eigenvalue weighted by Gasteiger charge is -2.24. The zero-order valence-corrected chi connectivity index (χ0v) is 20.0. The fraction of sp³-hybridized carbons (Fsp3) is 0.250. The van der Waals surface area contributed by atoms with Gasteiger partial charge < -0.3 is 19.7 Å². The molecule has 1 aliphatic rings. The molecule has 0 saturated carbocycles. The van der Waals surface area contributed by atoms with Crippen molar-refractivity contribution in [2.24, 2.45) is 0 Å². The summed E-state index contributed by atoms with van der Waals surface area (Å²) in [5.74, 6) is -2.04. The summed E-state index contributed by atoms with van der Waals surface area (Å²) in [5, 5.41) is 15.1. The van der Waals surface area contributed by atoms with E-state index in [2.05, 4.69) is 25.3 Å². The maximum absolute atomic E-state index is 13.8. The van der Waals surface area contributed by atoms with Crippen molar-refractivity contribution in [3.8, 4) is 16.2 Å². The summed E-state index contributed by atoms with van der Waals surface area (Å²) in [6.07, 6.45) is -0.387. The number of ether oxygens (including phenoxy) is 1. The van der Waals surface area contributed by atoms with Crippen LogP contribution >= 0.6 is 11.3 Å². The molecule has 3 N–H and O–H groups in total. The Balaban J connectivity index is 1.50. The molecule has 186 valence electrons. The fourth-order valence-corrected chi connectivity index (χ4v) is 4.62. The van der Waals surface area contributed by atoms with Gasteiger partial charge in [-0.05, 0) is 56.2 Å². The van der Waals surface area contributed by atoms with Crippen molar-refractivity contribution < 1.29 is 28.2 Å². The van der Waals surface area contributed by atoms with Crippen LogP contribution in [0.1, 0.15) is 29.9 Å². The molecule has 0 bridgehead atoms. The van der Waals surface area contributed by atoms with Crippen LogP contribution in [0.15, 0.2) is 48.8 Å². The number of aliphatic hydroxyl groups is 1. The van der Waals surface area contributed by atoms with E-state index >= 15 is 0 Å². The molecule has 0 fully saturated rings. The molecule has 0 unspecified atom stereocenters. The molecular formula is C24H21F2N5O4S. The van der Waals surface area contributed by atoms with Crippen molar-refractivity contribution in [2.45, 2.75) is 38.5 Å². The van der Waals surface area contributed by atoms with Crippen molar-refractivity contribution in [1.29, 1.82) is 0 Å². The average Bonchev–Trinajstić information content (AvgIpc) is 3.42. The number of carbonyl (C=O) groups excluding carboxylic acids is 2. The molecule has 2 amide bonds. The van der Waals surface area contributed by atoms with E-state index in [1.54, 1.807) is 36.9 Å². The lowest BCUT2D eigenvalue weighted by atomic mass is 10.1. The number of imidazole rings is 1. The van der Waals surface area contributed by atoms with E-state index in [0.29, 0.717) is 15.9 Å². The first-order valence-electron chi connectivity index (χ1n) is 11.0. The van der Waals surface area contributed by atoms with E-state index in [4.69, 9.17) is 0 Å². The van der Waals surface area contributed by atoms with E-state index in [0.717, 1.165) is 10.4 Å². The van der Waals surface area contributed by atoms with E-state index in [-0.39, 0.29) is 30.4 Å². The van der Waals surface area contributed by atoms with Crippen molar-refractivity contribution in [2.75, 3.05) is 10.6 Å². The Morgan fingerprint density at radius 3 is 2.72 bits per heavy atom. The second-order valence-electron chi connectivity index (χ2n) is 8.91. The first-order valence-corrected chi connectivity index (χ1v) is 11.8. The number of aromatic nitrogens is 3. The number of hydrogen-bond donors (Lipinski definition) is 3. The van der Waals surface area contributed by atoms with Crippen LogP contribution in [0.25, 0.3) is 21.5 Å². The number of hydrogen-bond acceptors (Lipinski definition) is 7. The molecule has 0 radical (unpaired) electrons. The molecule has 5 rings (SSSR count). The summed E-state index contributed by atoms with van der Waals surface area (Å²) in [4.78, 5) is 34.5. The minimum Gasteiger partial charge on any atom is -0.423 e. The molecular weight excluding hydrogens is 492 g/mol. The van der Waals surface area contributed by atoms with Crippen LogP contribution in [0.5, 0.6) is 5.75 Å². The molecule has 0 aliphatic carbocycles. The van der Waals surface area contributed by atoms with Gasteiger partial charge in [-0.1, -0.05) is 0 Å². The number of thiophene rings is 1. The lowest BCUT2D eigenvalue weighted by molar-refractivity contribution is -0.189. The molecule has 1 aliphatic heterocycles. The third-order valence-electron chi connectivity index (χ3n) is 5.57. The molecule has 4 heterocycles. The SMILES string of the molecule is CC(C)(O)CCn1c(NC(=O)c2ccc(-c3ccncc3)s2)nc2cc3c(cc21)OC(F)(F)C(=O)N3. The quantitative estimate of drug-likeness (QED) is 0.350. The molecule has 36 heavy (non-hydrogen) atoms. The minimum absolute atomic E-state index is 0.0451. The number of alkyl halides is 2. The highest BCUT2D eigenvalue weighted by molar-refractivity contribution is 7.17. The maximum atomic E-state index is 13.8. The summed E-state index contributed by atoms with van der Waals surface area (Å²) in [7, 11) is 0. The monoisotopic (exact) mass is 513 g/mol. The minimum atomic E-state index is -4.01. The van der Waals surface area contributed by atoms with Gasteiger partial charge >= 0.3 is 12.0 Å². The Kier molecular flexibility index (Phi) is 5.72. The van der Waals surface area contributed by atoms with E-state index in [1.807, 2.05) is 18.2 Å². The number of aryl methyl sites for hydroxylation is 1. The highest BCUT2D eigenvalue weighted by Gasteiger charge is 2.46. The Labute approximate surface area is 207 Å². The van der Waals surface area contributed by atoms with Gasteiger partial charge in [-0.3, -0.25) is 19.9 Å². The molecule has 4 aromatic rings. The summed E-state index contributed by atoms with van der Waals surface area (Å²) >= 11 is 1.30. The number of nitrogens with zero attached hydrogens (tertiary/aromatic N) is 3. The summed E-state index contributed by atoms with van der Waals surface area (Å²) in [5.41, 5.74) is 0.678. The number of pyridine rings is 1. The van der Waals surface area contributed by atoms with Crippen LogP contribution in [0.2, 0.25) is 0 Å². The third-order valence-corrected chi connectivity index (χ3v) is 6.70. The molecule has 3 aromatic heterocycles. The van der Waals surface area contributed by atoms with E-state index < -0.39 is 23.5 Å². The topological polar surface area (TPSA) is 118 Å². The number of anilines is 2. The predicted molar refractivity (Wildman–Crippen MR) is 130 cm³/mol.